The summed E-state index contributed by atoms with van der Waals surface area (Å²) < 4.78 is 12.7. The second-order valence-electron chi connectivity index (χ2n) is 6.04. The highest BCUT2D eigenvalue weighted by molar-refractivity contribution is 9.10. The second kappa shape index (κ2) is 8.75. The lowest BCUT2D eigenvalue weighted by atomic mass is 10.2. The molecule has 0 aliphatic rings. The summed E-state index contributed by atoms with van der Waals surface area (Å²) >= 11 is 9.65. The number of hydrogen-bond acceptors (Lipinski definition) is 5. The minimum atomic E-state index is -0.224. The molecule has 0 bridgehead atoms. The van der Waals surface area contributed by atoms with E-state index in [0.29, 0.717) is 45.2 Å². The van der Waals surface area contributed by atoms with Gasteiger partial charge in [0.05, 0.1) is 36.4 Å². The van der Waals surface area contributed by atoms with E-state index in [-0.39, 0.29) is 5.56 Å². The molecular formula is C20H19BrClN3O3. The molecule has 1 aromatic heterocycles. The first kappa shape index (κ1) is 20.4. The third kappa shape index (κ3) is 4.05. The number of aromatic nitrogens is 2. The van der Waals surface area contributed by atoms with Crippen LogP contribution in [0.4, 0.5) is 0 Å². The zero-order chi connectivity index (χ0) is 20.3. The van der Waals surface area contributed by atoms with Gasteiger partial charge in [0.15, 0.2) is 11.5 Å². The number of ether oxygens (including phenoxy) is 2. The van der Waals surface area contributed by atoms with E-state index in [1.807, 2.05) is 19.1 Å². The van der Waals surface area contributed by atoms with E-state index < -0.39 is 0 Å². The Hall–Kier alpha value is -2.38. The Morgan fingerprint density at radius 3 is 2.71 bits per heavy atom. The third-order valence-corrected chi connectivity index (χ3v) is 4.90. The molecule has 0 aliphatic heterocycles. The van der Waals surface area contributed by atoms with Crippen molar-refractivity contribution in [3.05, 3.63) is 61.6 Å². The van der Waals surface area contributed by atoms with Crippen LogP contribution in [0.25, 0.3) is 10.9 Å². The van der Waals surface area contributed by atoms with Gasteiger partial charge in [0.2, 0.25) is 0 Å². The van der Waals surface area contributed by atoms with Crippen LogP contribution >= 0.6 is 27.5 Å². The molecule has 0 spiro atoms. The van der Waals surface area contributed by atoms with Crippen LogP contribution in [-0.4, -0.2) is 30.1 Å². The van der Waals surface area contributed by atoms with Crippen LogP contribution in [0.1, 0.15) is 24.7 Å². The molecule has 0 unspecified atom stereocenters. The van der Waals surface area contributed by atoms with E-state index in [0.717, 1.165) is 10.9 Å². The molecule has 1 heterocycles. The number of nitrogens with zero attached hydrogens (tertiary/aromatic N) is 3. The molecule has 2 aromatic carbocycles. The van der Waals surface area contributed by atoms with E-state index in [9.17, 15) is 4.79 Å². The molecule has 6 nitrogen and oxygen atoms in total. The highest BCUT2D eigenvalue weighted by Gasteiger charge is 2.12. The van der Waals surface area contributed by atoms with Crippen molar-refractivity contribution in [1.29, 1.82) is 0 Å². The average molecular weight is 465 g/mol. The molecular weight excluding hydrogens is 446 g/mol. The largest absolute Gasteiger partial charge is 0.493 e. The van der Waals surface area contributed by atoms with Crippen LogP contribution in [0.3, 0.4) is 0 Å². The van der Waals surface area contributed by atoms with Crippen molar-refractivity contribution in [3.63, 3.8) is 0 Å². The molecule has 0 aliphatic carbocycles. The fraction of sp³-hybridized carbons (Fsp3) is 0.250. The van der Waals surface area contributed by atoms with Crippen molar-refractivity contribution in [2.45, 2.75) is 19.8 Å². The molecule has 0 N–H and O–H groups in total. The maximum absolute atomic E-state index is 13.0. The van der Waals surface area contributed by atoms with Crippen LogP contribution in [-0.2, 0) is 6.42 Å². The van der Waals surface area contributed by atoms with Crippen molar-refractivity contribution in [2.24, 2.45) is 5.10 Å². The number of rotatable bonds is 6. The van der Waals surface area contributed by atoms with Gasteiger partial charge in [0.25, 0.3) is 5.56 Å². The predicted molar refractivity (Wildman–Crippen MR) is 115 cm³/mol. The monoisotopic (exact) mass is 463 g/mol. The molecule has 28 heavy (non-hydrogen) atoms. The summed E-state index contributed by atoms with van der Waals surface area (Å²) in [6.07, 6.45) is 3.03. The standard InChI is InChI=1S/C20H19BrClN3O3/c1-4-5-18-24-16-7-6-13(21)10-14(16)20(26)25(18)23-11-12-8-15(22)19(28-3)17(9-12)27-2/h6-11H,4-5H2,1-3H3. The second-order valence-corrected chi connectivity index (χ2v) is 7.36. The molecule has 0 saturated carbocycles. The number of fused-ring (bicyclic) bond motifs is 1. The minimum absolute atomic E-state index is 0.224. The van der Waals surface area contributed by atoms with Crippen LogP contribution in [0.2, 0.25) is 5.02 Å². The molecule has 8 heteroatoms. The predicted octanol–water partition coefficient (Wildman–Crippen LogP) is 4.66. The number of halogens is 2. The fourth-order valence-electron chi connectivity index (χ4n) is 2.84. The highest BCUT2D eigenvalue weighted by Crippen LogP contribution is 2.35. The summed E-state index contributed by atoms with van der Waals surface area (Å²) in [6, 6.07) is 8.87. The van der Waals surface area contributed by atoms with Crippen LogP contribution < -0.4 is 15.0 Å². The molecule has 3 rings (SSSR count). The molecule has 3 aromatic rings. The zero-order valence-corrected chi connectivity index (χ0v) is 18.0. The van der Waals surface area contributed by atoms with Gasteiger partial charge in [-0.3, -0.25) is 4.79 Å². The zero-order valence-electron chi connectivity index (χ0n) is 15.7. The van der Waals surface area contributed by atoms with Crippen molar-refractivity contribution in [1.82, 2.24) is 9.66 Å². The topological polar surface area (TPSA) is 65.7 Å². The first-order valence-corrected chi connectivity index (χ1v) is 9.82. The smallest absolute Gasteiger partial charge is 0.282 e. The Balaban J connectivity index is 2.13. The fourth-order valence-corrected chi connectivity index (χ4v) is 3.49. The lowest BCUT2D eigenvalue weighted by Gasteiger charge is -2.11. The summed E-state index contributed by atoms with van der Waals surface area (Å²) in [7, 11) is 3.05. The Bertz CT molecular complexity index is 1110. The first-order chi connectivity index (χ1) is 13.5. The number of methoxy groups -OCH3 is 2. The Labute approximate surface area is 175 Å². The Morgan fingerprint density at radius 2 is 2.04 bits per heavy atom. The van der Waals surface area contributed by atoms with Gasteiger partial charge in [-0.25, -0.2) is 4.98 Å². The first-order valence-electron chi connectivity index (χ1n) is 8.65. The lowest BCUT2D eigenvalue weighted by molar-refractivity contribution is 0.355. The van der Waals surface area contributed by atoms with E-state index in [4.69, 9.17) is 21.1 Å². The van der Waals surface area contributed by atoms with Gasteiger partial charge in [-0.05, 0) is 42.3 Å². The van der Waals surface area contributed by atoms with E-state index in [1.165, 1.54) is 18.9 Å². The molecule has 0 fully saturated rings. The van der Waals surface area contributed by atoms with Crippen LogP contribution in [0.15, 0.2) is 44.7 Å². The van der Waals surface area contributed by atoms with Crippen molar-refractivity contribution in [2.75, 3.05) is 14.2 Å². The molecule has 0 saturated heterocycles. The van der Waals surface area contributed by atoms with Crippen LogP contribution in [0, 0.1) is 0 Å². The van der Waals surface area contributed by atoms with Gasteiger partial charge < -0.3 is 9.47 Å². The Morgan fingerprint density at radius 1 is 1.25 bits per heavy atom. The summed E-state index contributed by atoms with van der Waals surface area (Å²) in [6.45, 7) is 2.03. The molecule has 0 amide bonds. The Kier molecular flexibility index (Phi) is 6.36. The lowest BCUT2D eigenvalue weighted by Crippen LogP contribution is -2.22. The van der Waals surface area contributed by atoms with Crippen molar-refractivity contribution in [3.8, 4) is 11.5 Å². The maximum atomic E-state index is 13.0. The van der Waals surface area contributed by atoms with Crippen molar-refractivity contribution >= 4 is 44.6 Å². The molecule has 0 radical (unpaired) electrons. The number of aryl methyl sites for hydroxylation is 1. The summed E-state index contributed by atoms with van der Waals surface area (Å²) in [4.78, 5) is 17.6. The van der Waals surface area contributed by atoms with Gasteiger partial charge in [-0.1, -0.05) is 34.5 Å². The van der Waals surface area contributed by atoms with Crippen LogP contribution in [0.5, 0.6) is 11.5 Å². The van der Waals surface area contributed by atoms with E-state index in [2.05, 4.69) is 26.0 Å². The van der Waals surface area contributed by atoms with Gasteiger partial charge >= 0.3 is 0 Å². The minimum Gasteiger partial charge on any atom is -0.493 e. The average Bonchev–Trinajstić information content (AvgIpc) is 2.68. The van der Waals surface area contributed by atoms with Crippen molar-refractivity contribution < 1.29 is 9.47 Å². The van der Waals surface area contributed by atoms with Gasteiger partial charge in [0.1, 0.15) is 5.82 Å². The highest BCUT2D eigenvalue weighted by atomic mass is 79.9. The summed E-state index contributed by atoms with van der Waals surface area (Å²) in [5.74, 6) is 1.53. The van der Waals surface area contributed by atoms with E-state index in [1.54, 1.807) is 24.4 Å². The van der Waals surface area contributed by atoms with Gasteiger partial charge in [-0.15, -0.1) is 0 Å². The number of hydrogen-bond donors (Lipinski definition) is 0. The maximum Gasteiger partial charge on any atom is 0.282 e. The molecule has 146 valence electrons. The number of benzene rings is 2. The normalized spacial score (nSPS) is 11.3. The van der Waals surface area contributed by atoms with E-state index >= 15 is 0 Å². The quantitative estimate of drug-likeness (QED) is 0.498. The third-order valence-electron chi connectivity index (χ3n) is 4.13. The van der Waals surface area contributed by atoms with Gasteiger partial charge in [0, 0.05) is 10.9 Å². The SMILES string of the molecule is CCCc1nc2ccc(Br)cc2c(=O)n1N=Cc1cc(Cl)c(OC)c(OC)c1. The summed E-state index contributed by atoms with van der Waals surface area (Å²) in [5, 5.41) is 5.28. The molecule has 0 atom stereocenters. The summed E-state index contributed by atoms with van der Waals surface area (Å²) in [5.41, 5.74) is 1.10. The van der Waals surface area contributed by atoms with Gasteiger partial charge in [-0.2, -0.15) is 9.78 Å².